The third-order valence-corrected chi connectivity index (χ3v) is 7.54. The zero-order valence-electron chi connectivity index (χ0n) is 18.9. The van der Waals surface area contributed by atoms with Crippen LogP contribution < -0.4 is 5.73 Å². The molecule has 0 radical (unpaired) electrons. The predicted octanol–water partition coefficient (Wildman–Crippen LogP) is 4.37. The van der Waals surface area contributed by atoms with Crippen LogP contribution >= 0.6 is 0 Å². The van der Waals surface area contributed by atoms with Crippen molar-refractivity contribution < 1.29 is 12.8 Å². The van der Waals surface area contributed by atoms with Crippen molar-refractivity contribution in [2.75, 3.05) is 0 Å². The van der Waals surface area contributed by atoms with E-state index in [1.165, 1.54) is 0 Å². The Morgan fingerprint density at radius 2 is 1.48 bits per heavy atom. The fourth-order valence-corrected chi connectivity index (χ4v) is 4.30. The summed E-state index contributed by atoms with van der Waals surface area (Å²) in [4.78, 5) is 9.36. The maximum absolute atomic E-state index is 12.4. The molecule has 0 bridgehead atoms. The van der Waals surface area contributed by atoms with Gasteiger partial charge in [-0.2, -0.15) is 0 Å². The lowest BCUT2D eigenvalue weighted by Crippen LogP contribution is -2.13. The minimum Gasteiger partial charge on any atom is -0.415 e. The Bertz CT molecular complexity index is 1380. The zero-order valence-corrected chi connectivity index (χ0v) is 19.7. The van der Waals surface area contributed by atoms with Gasteiger partial charge in [0, 0.05) is 17.2 Å². The third-order valence-electron chi connectivity index (χ3n) is 5.37. The van der Waals surface area contributed by atoms with E-state index in [-0.39, 0.29) is 16.8 Å². The fraction of sp³-hybridized carbons (Fsp3) is 0.250. The number of sulfone groups is 1. The lowest BCUT2D eigenvalue weighted by atomic mass is 10.1. The molecule has 0 unspecified atom stereocenters. The highest BCUT2D eigenvalue weighted by Crippen LogP contribution is 2.28. The average Bonchev–Trinajstić information content (AvgIpc) is 3.29. The Hall–Kier alpha value is -3.43. The summed E-state index contributed by atoms with van der Waals surface area (Å²) in [6, 6.07) is 14.2. The van der Waals surface area contributed by atoms with Gasteiger partial charge >= 0.3 is 0 Å². The number of hydrogen-bond donors (Lipinski definition) is 1. The van der Waals surface area contributed by atoms with Crippen LogP contribution in [0.15, 0.2) is 64.0 Å². The molecule has 0 amide bonds. The highest BCUT2D eigenvalue weighted by Gasteiger charge is 2.20. The number of rotatable bonds is 6. The van der Waals surface area contributed by atoms with Gasteiger partial charge in [-0.15, -0.1) is 10.2 Å². The highest BCUT2D eigenvalue weighted by atomic mass is 32.2. The lowest BCUT2D eigenvalue weighted by molar-refractivity contribution is 0.581. The third kappa shape index (κ3) is 4.55. The molecule has 0 saturated carbocycles. The van der Waals surface area contributed by atoms with Gasteiger partial charge < -0.3 is 10.2 Å². The Morgan fingerprint density at radius 1 is 0.879 bits per heavy atom. The van der Waals surface area contributed by atoms with Gasteiger partial charge in [0.1, 0.15) is 5.69 Å². The molecule has 1 atom stereocenters. The second-order valence-corrected chi connectivity index (χ2v) is 10.6. The zero-order chi connectivity index (χ0) is 23.8. The molecule has 0 spiro atoms. The average molecular weight is 464 g/mol. The van der Waals surface area contributed by atoms with Gasteiger partial charge in [-0.05, 0) is 57.5 Å². The van der Waals surface area contributed by atoms with Crippen molar-refractivity contribution in [3.63, 3.8) is 0 Å². The van der Waals surface area contributed by atoms with Gasteiger partial charge in [0.2, 0.25) is 5.89 Å². The van der Waals surface area contributed by atoms with Gasteiger partial charge in [-0.25, -0.2) is 13.4 Å². The molecular formula is C24H25N5O3S. The summed E-state index contributed by atoms with van der Waals surface area (Å²) in [6.45, 7) is 7.05. The van der Waals surface area contributed by atoms with Crippen LogP contribution in [0.4, 0.5) is 0 Å². The van der Waals surface area contributed by atoms with E-state index in [0.29, 0.717) is 23.0 Å². The highest BCUT2D eigenvalue weighted by molar-refractivity contribution is 7.92. The second kappa shape index (κ2) is 8.84. The van der Waals surface area contributed by atoms with Gasteiger partial charge in [-0.3, -0.25) is 4.98 Å². The normalized spacial score (nSPS) is 12.8. The molecule has 4 aromatic rings. The standard InChI is InChI=1S/C24H25N5O3S/c1-14(2)33(30,31)20-11-9-18(10-12-20)21-13-26-16(4)22(27-21)24-29-28-23(32-24)19-7-5-17(6-8-19)15(3)25/h5-15H,25H2,1-4H3/t15-/m0/s1. The second-order valence-electron chi connectivity index (χ2n) is 8.13. The molecule has 33 heavy (non-hydrogen) atoms. The van der Waals surface area contributed by atoms with Crippen LogP contribution in [0.5, 0.6) is 0 Å². The summed E-state index contributed by atoms with van der Waals surface area (Å²) in [6.07, 6.45) is 1.63. The van der Waals surface area contributed by atoms with E-state index >= 15 is 0 Å². The van der Waals surface area contributed by atoms with E-state index in [1.54, 1.807) is 44.3 Å². The number of nitrogens with zero attached hydrogens (tertiary/aromatic N) is 4. The first-order valence-corrected chi connectivity index (χ1v) is 12.1. The quantitative estimate of drug-likeness (QED) is 0.447. The summed E-state index contributed by atoms with van der Waals surface area (Å²) >= 11 is 0. The van der Waals surface area contributed by atoms with Gasteiger partial charge in [0.25, 0.3) is 5.89 Å². The minimum absolute atomic E-state index is 0.0579. The molecule has 0 fully saturated rings. The monoisotopic (exact) mass is 463 g/mol. The van der Waals surface area contributed by atoms with E-state index in [1.807, 2.05) is 38.1 Å². The topological polar surface area (TPSA) is 125 Å². The van der Waals surface area contributed by atoms with Crippen LogP contribution in [-0.2, 0) is 9.84 Å². The Kier molecular flexibility index (Phi) is 6.09. The van der Waals surface area contributed by atoms with Gasteiger partial charge in [0.05, 0.1) is 27.7 Å². The van der Waals surface area contributed by atoms with Crippen molar-refractivity contribution in [1.29, 1.82) is 0 Å². The molecule has 0 aliphatic carbocycles. The summed E-state index contributed by atoms with van der Waals surface area (Å²) in [7, 11) is -3.34. The SMILES string of the molecule is Cc1ncc(-c2ccc(S(=O)(=O)C(C)C)cc2)nc1-c1nnc(-c2ccc([C@H](C)N)cc2)o1. The van der Waals surface area contributed by atoms with Crippen molar-refractivity contribution in [2.45, 2.75) is 43.9 Å². The maximum atomic E-state index is 12.4. The molecule has 2 aromatic heterocycles. The minimum atomic E-state index is -3.34. The van der Waals surface area contributed by atoms with Crippen LogP contribution in [0.3, 0.4) is 0 Å². The van der Waals surface area contributed by atoms with E-state index in [4.69, 9.17) is 10.2 Å². The molecule has 2 aromatic carbocycles. The number of hydrogen-bond acceptors (Lipinski definition) is 8. The van der Waals surface area contributed by atoms with Crippen LogP contribution in [-0.4, -0.2) is 33.8 Å². The molecule has 4 rings (SSSR count). The Balaban J connectivity index is 1.65. The largest absolute Gasteiger partial charge is 0.415 e. The summed E-state index contributed by atoms with van der Waals surface area (Å²) in [5.74, 6) is 0.628. The summed E-state index contributed by atoms with van der Waals surface area (Å²) in [5.41, 5.74) is 10.1. The first kappa shape index (κ1) is 22.8. The molecule has 2 N–H and O–H groups in total. The smallest absolute Gasteiger partial charge is 0.268 e. The molecule has 170 valence electrons. The van der Waals surface area contributed by atoms with Crippen molar-refractivity contribution in [2.24, 2.45) is 5.73 Å². The number of aromatic nitrogens is 4. The van der Waals surface area contributed by atoms with Crippen LogP contribution in [0.2, 0.25) is 0 Å². The van der Waals surface area contributed by atoms with Crippen molar-refractivity contribution in [3.8, 4) is 34.3 Å². The van der Waals surface area contributed by atoms with Crippen LogP contribution in [0.25, 0.3) is 34.3 Å². The maximum Gasteiger partial charge on any atom is 0.268 e. The first-order valence-electron chi connectivity index (χ1n) is 10.5. The van der Waals surface area contributed by atoms with Crippen LogP contribution in [0.1, 0.15) is 38.1 Å². The van der Waals surface area contributed by atoms with Crippen molar-refractivity contribution >= 4 is 9.84 Å². The van der Waals surface area contributed by atoms with E-state index in [9.17, 15) is 8.42 Å². The molecular weight excluding hydrogens is 438 g/mol. The molecule has 9 heteroatoms. The fourth-order valence-electron chi connectivity index (χ4n) is 3.24. The summed E-state index contributed by atoms with van der Waals surface area (Å²) < 4.78 is 30.6. The van der Waals surface area contributed by atoms with Crippen molar-refractivity contribution in [1.82, 2.24) is 20.2 Å². The van der Waals surface area contributed by atoms with E-state index in [0.717, 1.165) is 16.7 Å². The van der Waals surface area contributed by atoms with E-state index in [2.05, 4.69) is 20.2 Å². The number of benzene rings is 2. The molecule has 0 aliphatic heterocycles. The predicted molar refractivity (Wildman–Crippen MR) is 126 cm³/mol. The lowest BCUT2D eigenvalue weighted by Gasteiger charge is -2.09. The Morgan fingerprint density at radius 3 is 2.09 bits per heavy atom. The van der Waals surface area contributed by atoms with Crippen LogP contribution in [0, 0.1) is 6.92 Å². The summed E-state index contributed by atoms with van der Waals surface area (Å²) in [5, 5.41) is 7.82. The molecule has 8 nitrogen and oxygen atoms in total. The first-order chi connectivity index (χ1) is 15.7. The number of nitrogens with two attached hydrogens (primary N) is 1. The van der Waals surface area contributed by atoms with Gasteiger partial charge in [-0.1, -0.05) is 24.3 Å². The molecule has 0 saturated heterocycles. The van der Waals surface area contributed by atoms with Gasteiger partial charge in [0.15, 0.2) is 9.84 Å². The van der Waals surface area contributed by atoms with Crippen molar-refractivity contribution in [3.05, 3.63) is 66.0 Å². The van der Waals surface area contributed by atoms with E-state index < -0.39 is 15.1 Å². The number of aryl methyl sites for hydroxylation is 1. The molecule has 2 heterocycles. The Labute approximate surface area is 192 Å². The molecule has 0 aliphatic rings.